The van der Waals surface area contributed by atoms with E-state index in [1.807, 2.05) is 12.1 Å². The molecular formula is C19H19N3O. The molecule has 4 nitrogen and oxygen atoms in total. The SMILES string of the molecule is CCC(NC(=O)c1ccc2cnccc2n1)c1ccc(C)cc1. The monoisotopic (exact) mass is 305 g/mol. The van der Waals surface area contributed by atoms with Crippen LogP contribution in [0.25, 0.3) is 10.9 Å². The van der Waals surface area contributed by atoms with E-state index in [0.29, 0.717) is 5.69 Å². The molecule has 3 rings (SSSR count). The second-order valence-corrected chi connectivity index (χ2v) is 5.61. The van der Waals surface area contributed by atoms with Gasteiger partial charge in [0.05, 0.1) is 11.6 Å². The summed E-state index contributed by atoms with van der Waals surface area (Å²) < 4.78 is 0. The van der Waals surface area contributed by atoms with Gasteiger partial charge in [-0.25, -0.2) is 4.98 Å². The molecule has 0 bridgehead atoms. The van der Waals surface area contributed by atoms with Crippen molar-refractivity contribution < 1.29 is 4.79 Å². The van der Waals surface area contributed by atoms with Crippen LogP contribution in [0.5, 0.6) is 0 Å². The maximum Gasteiger partial charge on any atom is 0.270 e. The summed E-state index contributed by atoms with van der Waals surface area (Å²) in [6, 6.07) is 13.6. The molecule has 1 atom stereocenters. The van der Waals surface area contributed by atoms with Crippen molar-refractivity contribution in [2.24, 2.45) is 0 Å². The molecule has 2 heterocycles. The summed E-state index contributed by atoms with van der Waals surface area (Å²) in [4.78, 5) is 21.0. The average molecular weight is 305 g/mol. The van der Waals surface area contributed by atoms with Crippen molar-refractivity contribution in [3.63, 3.8) is 0 Å². The highest BCUT2D eigenvalue weighted by Gasteiger charge is 2.15. The molecule has 1 unspecified atom stereocenters. The zero-order valence-corrected chi connectivity index (χ0v) is 13.3. The molecule has 4 heteroatoms. The number of rotatable bonds is 4. The molecule has 1 amide bonds. The number of aryl methyl sites for hydroxylation is 1. The smallest absolute Gasteiger partial charge is 0.270 e. The summed E-state index contributed by atoms with van der Waals surface area (Å²) in [5, 5.41) is 3.99. The van der Waals surface area contributed by atoms with E-state index in [-0.39, 0.29) is 11.9 Å². The van der Waals surface area contributed by atoms with Gasteiger partial charge in [-0.2, -0.15) is 0 Å². The fourth-order valence-electron chi connectivity index (χ4n) is 2.54. The van der Waals surface area contributed by atoms with E-state index >= 15 is 0 Å². The Morgan fingerprint density at radius 2 is 1.91 bits per heavy atom. The van der Waals surface area contributed by atoms with Crippen LogP contribution in [0.4, 0.5) is 0 Å². The average Bonchev–Trinajstić information content (AvgIpc) is 2.60. The summed E-state index contributed by atoms with van der Waals surface area (Å²) in [5.41, 5.74) is 3.52. The van der Waals surface area contributed by atoms with Crippen LogP contribution >= 0.6 is 0 Å². The predicted octanol–water partition coefficient (Wildman–Crippen LogP) is 3.82. The first kappa shape index (κ1) is 15.2. The van der Waals surface area contributed by atoms with Crippen molar-refractivity contribution in [1.29, 1.82) is 0 Å². The molecule has 2 aromatic heterocycles. The number of hydrogen-bond acceptors (Lipinski definition) is 3. The summed E-state index contributed by atoms with van der Waals surface area (Å²) in [6.07, 6.45) is 4.25. The van der Waals surface area contributed by atoms with Gasteiger partial charge in [-0.1, -0.05) is 36.8 Å². The highest BCUT2D eigenvalue weighted by molar-refractivity contribution is 5.94. The van der Waals surface area contributed by atoms with Gasteiger partial charge in [0.15, 0.2) is 0 Å². The molecule has 116 valence electrons. The first-order chi connectivity index (χ1) is 11.2. The maximum absolute atomic E-state index is 12.5. The maximum atomic E-state index is 12.5. The number of nitrogens with one attached hydrogen (secondary N) is 1. The highest BCUT2D eigenvalue weighted by atomic mass is 16.1. The van der Waals surface area contributed by atoms with E-state index in [2.05, 4.69) is 53.4 Å². The first-order valence-corrected chi connectivity index (χ1v) is 7.75. The van der Waals surface area contributed by atoms with Gasteiger partial charge in [-0.05, 0) is 37.1 Å². The second kappa shape index (κ2) is 6.57. The topological polar surface area (TPSA) is 54.9 Å². The van der Waals surface area contributed by atoms with E-state index in [1.165, 1.54) is 5.56 Å². The minimum Gasteiger partial charge on any atom is -0.344 e. The van der Waals surface area contributed by atoms with Crippen LogP contribution in [0.2, 0.25) is 0 Å². The molecule has 3 aromatic rings. The molecule has 0 aliphatic rings. The summed E-state index contributed by atoms with van der Waals surface area (Å²) in [6.45, 7) is 4.11. The molecule has 0 aliphatic heterocycles. The number of fused-ring (bicyclic) bond motifs is 1. The Morgan fingerprint density at radius 1 is 1.13 bits per heavy atom. The third-order valence-corrected chi connectivity index (χ3v) is 3.92. The number of amides is 1. The van der Waals surface area contributed by atoms with Crippen LogP contribution in [0.3, 0.4) is 0 Å². The number of nitrogens with zero attached hydrogens (tertiary/aromatic N) is 2. The predicted molar refractivity (Wildman–Crippen MR) is 91.2 cm³/mol. The Balaban J connectivity index is 1.82. The first-order valence-electron chi connectivity index (χ1n) is 7.75. The molecule has 0 radical (unpaired) electrons. The van der Waals surface area contributed by atoms with Crippen molar-refractivity contribution in [3.8, 4) is 0 Å². The van der Waals surface area contributed by atoms with Gasteiger partial charge in [-0.3, -0.25) is 9.78 Å². The Bertz CT molecular complexity index is 827. The van der Waals surface area contributed by atoms with Crippen molar-refractivity contribution in [1.82, 2.24) is 15.3 Å². The van der Waals surface area contributed by atoms with Crippen LogP contribution < -0.4 is 5.32 Å². The molecular weight excluding hydrogens is 286 g/mol. The molecule has 0 spiro atoms. The Hall–Kier alpha value is -2.75. The van der Waals surface area contributed by atoms with Crippen molar-refractivity contribution in [2.75, 3.05) is 0 Å². The molecule has 1 N–H and O–H groups in total. The minimum absolute atomic E-state index is 0.0157. The van der Waals surface area contributed by atoms with E-state index < -0.39 is 0 Å². The molecule has 0 saturated heterocycles. The third kappa shape index (κ3) is 3.37. The lowest BCUT2D eigenvalue weighted by atomic mass is 10.0. The van der Waals surface area contributed by atoms with Crippen LogP contribution in [0.1, 0.15) is 41.0 Å². The van der Waals surface area contributed by atoms with Crippen LogP contribution in [-0.2, 0) is 0 Å². The van der Waals surface area contributed by atoms with Gasteiger partial charge in [-0.15, -0.1) is 0 Å². The quantitative estimate of drug-likeness (QED) is 0.797. The number of carbonyl (C=O) groups is 1. The highest BCUT2D eigenvalue weighted by Crippen LogP contribution is 2.18. The van der Waals surface area contributed by atoms with Crippen molar-refractivity contribution in [2.45, 2.75) is 26.3 Å². The van der Waals surface area contributed by atoms with Gasteiger partial charge in [0, 0.05) is 17.8 Å². The van der Waals surface area contributed by atoms with Gasteiger partial charge in [0.25, 0.3) is 5.91 Å². The molecule has 0 aliphatic carbocycles. The normalized spacial score (nSPS) is 12.1. The Labute approximate surface area is 135 Å². The Kier molecular flexibility index (Phi) is 4.33. The lowest BCUT2D eigenvalue weighted by Gasteiger charge is -2.17. The van der Waals surface area contributed by atoms with Gasteiger partial charge >= 0.3 is 0 Å². The number of aromatic nitrogens is 2. The number of carbonyl (C=O) groups excluding carboxylic acids is 1. The second-order valence-electron chi connectivity index (χ2n) is 5.61. The van der Waals surface area contributed by atoms with Crippen LogP contribution in [0, 0.1) is 6.92 Å². The van der Waals surface area contributed by atoms with Crippen molar-refractivity contribution in [3.05, 3.63) is 71.7 Å². The summed E-state index contributed by atoms with van der Waals surface area (Å²) in [5.74, 6) is -0.156. The van der Waals surface area contributed by atoms with E-state index in [0.717, 1.165) is 22.9 Å². The fourth-order valence-corrected chi connectivity index (χ4v) is 2.54. The van der Waals surface area contributed by atoms with E-state index in [1.54, 1.807) is 18.5 Å². The molecule has 1 aromatic carbocycles. The largest absolute Gasteiger partial charge is 0.344 e. The minimum atomic E-state index is -0.156. The number of pyridine rings is 2. The standard InChI is InChI=1S/C19H19N3O/c1-3-16(14-6-4-13(2)5-7-14)22-19(23)18-9-8-15-12-20-11-10-17(15)21-18/h4-12,16H,3H2,1-2H3,(H,22,23). The Morgan fingerprint density at radius 3 is 2.65 bits per heavy atom. The molecule has 23 heavy (non-hydrogen) atoms. The molecule has 0 fully saturated rings. The zero-order valence-electron chi connectivity index (χ0n) is 13.3. The van der Waals surface area contributed by atoms with E-state index in [4.69, 9.17) is 0 Å². The van der Waals surface area contributed by atoms with Crippen molar-refractivity contribution >= 4 is 16.8 Å². The molecule has 0 saturated carbocycles. The van der Waals surface area contributed by atoms with Crippen LogP contribution in [0.15, 0.2) is 54.9 Å². The number of hydrogen-bond donors (Lipinski definition) is 1. The summed E-state index contributed by atoms with van der Waals surface area (Å²) >= 11 is 0. The lowest BCUT2D eigenvalue weighted by molar-refractivity contribution is 0.0931. The summed E-state index contributed by atoms with van der Waals surface area (Å²) in [7, 11) is 0. The lowest BCUT2D eigenvalue weighted by Crippen LogP contribution is -2.28. The number of benzene rings is 1. The van der Waals surface area contributed by atoms with Gasteiger partial charge in [0.1, 0.15) is 5.69 Å². The third-order valence-electron chi connectivity index (χ3n) is 3.92. The van der Waals surface area contributed by atoms with E-state index in [9.17, 15) is 4.79 Å². The van der Waals surface area contributed by atoms with Crippen LogP contribution in [-0.4, -0.2) is 15.9 Å². The van der Waals surface area contributed by atoms with Gasteiger partial charge in [0.2, 0.25) is 0 Å². The zero-order chi connectivity index (χ0) is 16.2. The van der Waals surface area contributed by atoms with Gasteiger partial charge < -0.3 is 5.32 Å². The fraction of sp³-hybridized carbons (Fsp3) is 0.211.